The molecule has 0 bridgehead atoms. The molecule has 1 heterocycles. The van der Waals surface area contributed by atoms with E-state index in [0.717, 1.165) is 0 Å². The summed E-state index contributed by atoms with van der Waals surface area (Å²) in [6, 6.07) is 12.7. The molecule has 1 N–H and O–H groups in total. The SMILES string of the molecule is Cc1cc(C(F)=Cc2ccc(C3(C(F)(F)F)CC3)cc2)nn1Cc1cccc(C(F)(F)CO)c1. The number of alkyl halides is 5. The maximum absolute atomic E-state index is 14.8. The molecule has 4 rings (SSSR count). The molecule has 9 heteroatoms. The number of benzene rings is 2. The van der Waals surface area contributed by atoms with Crippen LogP contribution in [-0.4, -0.2) is 27.7 Å². The lowest BCUT2D eigenvalue weighted by Gasteiger charge is -2.19. The van der Waals surface area contributed by atoms with Crippen molar-refractivity contribution >= 4 is 11.9 Å². The average molecular weight is 480 g/mol. The molecule has 1 saturated carbocycles. The van der Waals surface area contributed by atoms with Crippen LogP contribution in [0, 0.1) is 6.92 Å². The molecule has 1 fully saturated rings. The summed E-state index contributed by atoms with van der Waals surface area (Å²) in [5.41, 5.74) is -0.437. The van der Waals surface area contributed by atoms with Crippen molar-refractivity contribution in [3.05, 3.63) is 88.2 Å². The van der Waals surface area contributed by atoms with Crippen molar-refractivity contribution in [2.75, 3.05) is 6.61 Å². The maximum atomic E-state index is 14.8. The molecule has 1 aliphatic carbocycles. The monoisotopic (exact) mass is 480 g/mol. The van der Waals surface area contributed by atoms with Crippen molar-refractivity contribution in [2.45, 2.75) is 43.8 Å². The third-order valence-electron chi connectivity index (χ3n) is 6.16. The largest absolute Gasteiger partial charge is 0.398 e. The summed E-state index contributed by atoms with van der Waals surface area (Å²) in [4.78, 5) is 0. The van der Waals surface area contributed by atoms with Crippen molar-refractivity contribution in [2.24, 2.45) is 0 Å². The number of rotatable bonds is 7. The lowest BCUT2D eigenvalue weighted by Crippen LogP contribution is -2.28. The highest BCUT2D eigenvalue weighted by molar-refractivity contribution is 5.75. The average Bonchev–Trinajstić information content (AvgIpc) is 3.54. The van der Waals surface area contributed by atoms with Gasteiger partial charge in [0.2, 0.25) is 0 Å². The summed E-state index contributed by atoms with van der Waals surface area (Å²) in [6.45, 7) is 0.495. The zero-order valence-electron chi connectivity index (χ0n) is 18.2. The van der Waals surface area contributed by atoms with E-state index in [2.05, 4.69) is 5.10 Å². The molecule has 3 aromatic rings. The molecule has 0 spiro atoms. The molecule has 0 amide bonds. The Labute approximate surface area is 192 Å². The molecule has 0 unspecified atom stereocenters. The van der Waals surface area contributed by atoms with Gasteiger partial charge in [0.15, 0.2) is 5.83 Å². The van der Waals surface area contributed by atoms with Gasteiger partial charge in [-0.1, -0.05) is 42.5 Å². The maximum Gasteiger partial charge on any atom is 0.398 e. The Hall–Kier alpha value is -3.07. The predicted octanol–water partition coefficient (Wildman–Crippen LogP) is 6.39. The van der Waals surface area contributed by atoms with Gasteiger partial charge < -0.3 is 5.11 Å². The first-order chi connectivity index (χ1) is 15.9. The molecule has 1 aromatic heterocycles. The fourth-order valence-corrected chi connectivity index (χ4v) is 3.93. The van der Waals surface area contributed by atoms with Gasteiger partial charge >= 0.3 is 6.18 Å². The van der Waals surface area contributed by atoms with Crippen molar-refractivity contribution < 1.29 is 31.4 Å². The van der Waals surface area contributed by atoms with Crippen LogP contribution in [0.1, 0.15) is 46.5 Å². The number of aryl methyl sites for hydroxylation is 1. The molecule has 1 aliphatic rings. The first-order valence-corrected chi connectivity index (χ1v) is 10.6. The molecule has 0 aliphatic heterocycles. The van der Waals surface area contributed by atoms with Gasteiger partial charge in [-0.25, -0.2) is 4.39 Å². The molecule has 2 aromatic carbocycles. The molecular weight excluding hydrogens is 458 g/mol. The fourth-order valence-electron chi connectivity index (χ4n) is 3.93. The molecule has 3 nitrogen and oxygen atoms in total. The topological polar surface area (TPSA) is 38.0 Å². The Balaban J connectivity index is 1.52. The van der Waals surface area contributed by atoms with Crippen LogP contribution in [0.4, 0.5) is 26.3 Å². The van der Waals surface area contributed by atoms with Crippen LogP contribution < -0.4 is 0 Å². The molecular formula is C25H22F6N2O. The highest BCUT2D eigenvalue weighted by atomic mass is 19.4. The number of aliphatic hydroxyl groups excluding tert-OH is 1. The third kappa shape index (κ3) is 4.61. The second-order valence-corrected chi connectivity index (χ2v) is 8.59. The van der Waals surface area contributed by atoms with E-state index in [0.29, 0.717) is 16.8 Å². The van der Waals surface area contributed by atoms with E-state index in [-0.39, 0.29) is 36.2 Å². The summed E-state index contributed by atoms with van der Waals surface area (Å²) in [7, 11) is 0. The second kappa shape index (κ2) is 8.61. The lowest BCUT2D eigenvalue weighted by molar-refractivity contribution is -0.160. The summed E-state index contributed by atoms with van der Waals surface area (Å²) >= 11 is 0. The Morgan fingerprint density at radius 2 is 1.74 bits per heavy atom. The van der Waals surface area contributed by atoms with E-state index in [1.165, 1.54) is 59.3 Å². The van der Waals surface area contributed by atoms with Crippen LogP contribution in [0.25, 0.3) is 11.9 Å². The van der Waals surface area contributed by atoms with Crippen molar-refractivity contribution in [1.29, 1.82) is 0 Å². The third-order valence-corrected chi connectivity index (χ3v) is 6.16. The van der Waals surface area contributed by atoms with E-state index in [1.54, 1.807) is 13.0 Å². The van der Waals surface area contributed by atoms with Crippen molar-refractivity contribution in [3.63, 3.8) is 0 Å². The van der Waals surface area contributed by atoms with Crippen molar-refractivity contribution in [1.82, 2.24) is 9.78 Å². The number of hydrogen-bond acceptors (Lipinski definition) is 2. The Kier molecular flexibility index (Phi) is 6.10. The quantitative estimate of drug-likeness (QED) is 0.398. The van der Waals surface area contributed by atoms with Gasteiger partial charge in [0, 0.05) is 11.3 Å². The second-order valence-electron chi connectivity index (χ2n) is 8.59. The van der Waals surface area contributed by atoms with E-state index >= 15 is 0 Å². The van der Waals surface area contributed by atoms with Crippen LogP contribution in [0.2, 0.25) is 0 Å². The summed E-state index contributed by atoms with van der Waals surface area (Å²) in [6.07, 6.45) is -3.02. The number of hydrogen-bond donors (Lipinski definition) is 1. The Bertz CT molecular complexity index is 1210. The normalized spacial score (nSPS) is 16.1. The van der Waals surface area contributed by atoms with Gasteiger partial charge in [0.25, 0.3) is 5.92 Å². The van der Waals surface area contributed by atoms with E-state index < -0.39 is 29.9 Å². The summed E-state index contributed by atoms with van der Waals surface area (Å²) in [5.74, 6) is -4.05. The smallest absolute Gasteiger partial charge is 0.390 e. The van der Waals surface area contributed by atoms with Gasteiger partial charge in [0.1, 0.15) is 12.3 Å². The molecule has 34 heavy (non-hydrogen) atoms. The van der Waals surface area contributed by atoms with Gasteiger partial charge in [-0.3, -0.25) is 4.68 Å². The highest BCUT2D eigenvalue weighted by Gasteiger charge is 2.64. The number of aromatic nitrogens is 2. The van der Waals surface area contributed by atoms with Gasteiger partial charge in [-0.15, -0.1) is 0 Å². The molecule has 0 saturated heterocycles. The standard InChI is InChI=1S/C25H22F6N2O/c1-16-11-22(32-33(16)14-18-3-2-4-20(12-18)24(27,28)15-34)21(26)13-17-5-7-19(8-6-17)23(9-10-23)25(29,30)31/h2-8,11-13,34H,9-10,14-15H2,1H3. The minimum Gasteiger partial charge on any atom is -0.390 e. The summed E-state index contributed by atoms with van der Waals surface area (Å²) in [5, 5.41) is 13.1. The van der Waals surface area contributed by atoms with Crippen LogP contribution in [-0.2, 0) is 17.9 Å². The van der Waals surface area contributed by atoms with E-state index in [1.807, 2.05) is 0 Å². The van der Waals surface area contributed by atoms with Crippen LogP contribution in [0.15, 0.2) is 54.6 Å². The first-order valence-electron chi connectivity index (χ1n) is 10.6. The Morgan fingerprint density at radius 3 is 2.32 bits per heavy atom. The molecule has 0 radical (unpaired) electrons. The van der Waals surface area contributed by atoms with Crippen LogP contribution in [0.5, 0.6) is 0 Å². The van der Waals surface area contributed by atoms with Gasteiger partial charge in [-0.2, -0.15) is 27.1 Å². The van der Waals surface area contributed by atoms with E-state index in [9.17, 15) is 26.3 Å². The predicted molar refractivity (Wildman–Crippen MR) is 116 cm³/mol. The van der Waals surface area contributed by atoms with Crippen LogP contribution in [0.3, 0.4) is 0 Å². The first kappa shape index (κ1) is 24.1. The highest BCUT2D eigenvalue weighted by Crippen LogP contribution is 2.58. The Morgan fingerprint density at radius 1 is 1.06 bits per heavy atom. The number of nitrogens with zero attached hydrogens (tertiary/aromatic N) is 2. The minimum atomic E-state index is -4.31. The zero-order chi connectivity index (χ0) is 24.7. The summed E-state index contributed by atoms with van der Waals surface area (Å²) < 4.78 is 83.7. The van der Waals surface area contributed by atoms with Crippen molar-refractivity contribution in [3.8, 4) is 0 Å². The number of aliphatic hydroxyl groups is 1. The van der Waals surface area contributed by atoms with Gasteiger partial charge in [-0.05, 0) is 54.7 Å². The zero-order valence-corrected chi connectivity index (χ0v) is 18.2. The minimum absolute atomic E-state index is 0.0207. The lowest BCUT2D eigenvalue weighted by atomic mass is 9.94. The molecule has 0 atom stereocenters. The van der Waals surface area contributed by atoms with E-state index in [4.69, 9.17) is 5.11 Å². The molecule has 180 valence electrons. The fraction of sp³-hybridized carbons (Fsp3) is 0.320. The van der Waals surface area contributed by atoms with Crippen LogP contribution >= 0.6 is 0 Å². The van der Waals surface area contributed by atoms with Gasteiger partial charge in [0.05, 0.1) is 12.0 Å². The number of halogens is 6.